The minimum atomic E-state index is -0.707. The summed E-state index contributed by atoms with van der Waals surface area (Å²) in [7, 11) is 0. The van der Waals surface area contributed by atoms with Crippen LogP contribution in [0.2, 0.25) is 0 Å². The van der Waals surface area contributed by atoms with Crippen molar-refractivity contribution in [2.45, 2.75) is 32.9 Å². The first-order valence-electron chi connectivity index (χ1n) is 6.30. The highest BCUT2D eigenvalue weighted by Gasteiger charge is 2.25. The van der Waals surface area contributed by atoms with E-state index in [0.29, 0.717) is 12.8 Å². The molecular formula is C14H19NO4. The van der Waals surface area contributed by atoms with E-state index in [0.717, 1.165) is 10.6 Å². The lowest BCUT2D eigenvalue weighted by molar-refractivity contribution is -0.203. The summed E-state index contributed by atoms with van der Waals surface area (Å²) < 4.78 is 4.91. The van der Waals surface area contributed by atoms with E-state index in [-0.39, 0.29) is 13.2 Å². The fraction of sp³-hybridized carbons (Fsp3) is 0.429. The Kier molecular flexibility index (Phi) is 6.60. The molecule has 0 heterocycles. The molecule has 0 saturated heterocycles. The van der Waals surface area contributed by atoms with Crippen molar-refractivity contribution < 1.29 is 19.2 Å². The predicted molar refractivity (Wildman–Crippen MR) is 69.8 cm³/mol. The number of hydroxylamine groups is 2. The van der Waals surface area contributed by atoms with Gasteiger partial charge in [-0.1, -0.05) is 37.3 Å². The van der Waals surface area contributed by atoms with Crippen LogP contribution in [0.25, 0.3) is 0 Å². The highest BCUT2D eigenvalue weighted by atomic mass is 16.7. The van der Waals surface area contributed by atoms with Crippen molar-refractivity contribution in [1.82, 2.24) is 5.06 Å². The second-order valence-electron chi connectivity index (χ2n) is 3.90. The Hall–Kier alpha value is -1.88. The van der Waals surface area contributed by atoms with Crippen molar-refractivity contribution in [3.8, 4) is 0 Å². The van der Waals surface area contributed by atoms with Gasteiger partial charge in [-0.15, -0.1) is 0 Å². The fourth-order valence-electron chi connectivity index (χ4n) is 1.61. The molecule has 1 amide bonds. The quantitative estimate of drug-likeness (QED) is 0.409. The van der Waals surface area contributed by atoms with E-state index < -0.39 is 12.0 Å². The molecule has 0 saturated carbocycles. The van der Waals surface area contributed by atoms with Crippen LogP contribution in [0, 0.1) is 0 Å². The number of carbonyl (C=O) groups excluding carboxylic acids is 2. The SMILES string of the molecule is CCOC(=O)C(CC)N(C=O)OCc1ccccc1. The van der Waals surface area contributed by atoms with Gasteiger partial charge < -0.3 is 4.74 Å². The molecule has 0 aliphatic heterocycles. The molecule has 19 heavy (non-hydrogen) atoms. The molecule has 1 rings (SSSR count). The van der Waals surface area contributed by atoms with Gasteiger partial charge in [-0.25, -0.2) is 9.86 Å². The topological polar surface area (TPSA) is 55.8 Å². The lowest BCUT2D eigenvalue weighted by Gasteiger charge is -2.24. The molecule has 1 unspecified atom stereocenters. The maximum Gasteiger partial charge on any atom is 0.331 e. The standard InChI is InChI=1S/C14H19NO4/c1-3-13(14(17)18-4-2)15(11-16)19-10-12-8-6-5-7-9-12/h5-9,11,13H,3-4,10H2,1-2H3. The minimum absolute atomic E-state index is 0.232. The third kappa shape index (κ3) is 4.71. The Bertz CT molecular complexity index is 394. The van der Waals surface area contributed by atoms with E-state index in [4.69, 9.17) is 9.57 Å². The largest absolute Gasteiger partial charge is 0.464 e. The first-order chi connectivity index (χ1) is 9.22. The summed E-state index contributed by atoms with van der Waals surface area (Å²) in [4.78, 5) is 28.1. The zero-order valence-electron chi connectivity index (χ0n) is 11.2. The maximum absolute atomic E-state index is 11.7. The molecule has 0 radical (unpaired) electrons. The summed E-state index contributed by atoms with van der Waals surface area (Å²) >= 11 is 0. The van der Waals surface area contributed by atoms with E-state index in [1.165, 1.54) is 0 Å². The van der Waals surface area contributed by atoms with Crippen LogP contribution in [0.3, 0.4) is 0 Å². The Morgan fingerprint density at radius 3 is 2.53 bits per heavy atom. The van der Waals surface area contributed by atoms with Crippen molar-refractivity contribution in [2.75, 3.05) is 6.61 Å². The van der Waals surface area contributed by atoms with Gasteiger partial charge in [-0.3, -0.25) is 9.63 Å². The molecule has 1 aromatic rings. The smallest absolute Gasteiger partial charge is 0.331 e. The number of hydrogen-bond acceptors (Lipinski definition) is 4. The molecule has 1 aromatic carbocycles. The van der Waals surface area contributed by atoms with Crippen LogP contribution in [-0.4, -0.2) is 30.1 Å². The number of nitrogens with zero attached hydrogens (tertiary/aromatic N) is 1. The average Bonchev–Trinajstić information content (AvgIpc) is 2.44. The third-order valence-corrected chi connectivity index (χ3v) is 2.58. The second-order valence-corrected chi connectivity index (χ2v) is 3.90. The van der Waals surface area contributed by atoms with Crippen molar-refractivity contribution >= 4 is 12.4 Å². The van der Waals surface area contributed by atoms with Crippen LogP contribution >= 0.6 is 0 Å². The fourth-order valence-corrected chi connectivity index (χ4v) is 1.61. The number of amides is 1. The van der Waals surface area contributed by atoms with Gasteiger partial charge in [0.15, 0.2) is 6.04 Å². The van der Waals surface area contributed by atoms with E-state index in [2.05, 4.69) is 0 Å². The normalized spacial score (nSPS) is 11.7. The van der Waals surface area contributed by atoms with Gasteiger partial charge in [-0.2, -0.15) is 0 Å². The minimum Gasteiger partial charge on any atom is -0.464 e. The van der Waals surface area contributed by atoms with Gasteiger partial charge in [0, 0.05) is 0 Å². The van der Waals surface area contributed by atoms with Gasteiger partial charge in [-0.05, 0) is 18.9 Å². The summed E-state index contributed by atoms with van der Waals surface area (Å²) in [5.41, 5.74) is 0.924. The van der Waals surface area contributed by atoms with E-state index in [9.17, 15) is 9.59 Å². The van der Waals surface area contributed by atoms with Crippen LogP contribution in [0.5, 0.6) is 0 Å². The average molecular weight is 265 g/mol. The molecule has 1 atom stereocenters. The number of ether oxygens (including phenoxy) is 1. The summed E-state index contributed by atoms with van der Waals surface area (Å²) in [6, 6.07) is 8.72. The number of carbonyl (C=O) groups is 2. The van der Waals surface area contributed by atoms with Crippen LogP contribution in [0.4, 0.5) is 0 Å². The first kappa shape index (κ1) is 15.2. The molecule has 0 bridgehead atoms. The molecule has 5 nitrogen and oxygen atoms in total. The molecule has 0 N–H and O–H groups in total. The van der Waals surface area contributed by atoms with Gasteiger partial charge in [0.2, 0.25) is 6.41 Å². The summed E-state index contributed by atoms with van der Waals surface area (Å²) in [6.45, 7) is 4.03. The van der Waals surface area contributed by atoms with Crippen molar-refractivity contribution in [2.24, 2.45) is 0 Å². The molecular weight excluding hydrogens is 246 g/mol. The summed E-state index contributed by atoms with van der Waals surface area (Å²) in [5.74, 6) is -0.454. The predicted octanol–water partition coefficient (Wildman–Crippen LogP) is 1.92. The Labute approximate surface area is 113 Å². The number of hydrogen-bond donors (Lipinski definition) is 0. The Morgan fingerprint density at radius 1 is 1.32 bits per heavy atom. The molecule has 0 aromatic heterocycles. The molecule has 0 aliphatic carbocycles. The van der Waals surface area contributed by atoms with E-state index in [1.807, 2.05) is 30.3 Å². The molecule has 104 valence electrons. The number of rotatable bonds is 8. The highest BCUT2D eigenvalue weighted by Crippen LogP contribution is 2.09. The van der Waals surface area contributed by atoms with Crippen LogP contribution in [-0.2, 0) is 25.8 Å². The molecule has 0 fully saturated rings. The van der Waals surface area contributed by atoms with Gasteiger partial charge in [0.05, 0.1) is 6.61 Å². The van der Waals surface area contributed by atoms with Gasteiger partial charge >= 0.3 is 5.97 Å². The second kappa shape index (κ2) is 8.26. The van der Waals surface area contributed by atoms with Crippen molar-refractivity contribution in [3.63, 3.8) is 0 Å². The number of esters is 1. The third-order valence-electron chi connectivity index (χ3n) is 2.58. The van der Waals surface area contributed by atoms with Crippen LogP contribution < -0.4 is 0 Å². The highest BCUT2D eigenvalue weighted by molar-refractivity contribution is 5.77. The first-order valence-corrected chi connectivity index (χ1v) is 6.30. The maximum atomic E-state index is 11.7. The molecule has 5 heteroatoms. The Balaban J connectivity index is 2.60. The zero-order chi connectivity index (χ0) is 14.1. The molecule has 0 aliphatic rings. The number of benzene rings is 1. The van der Waals surface area contributed by atoms with Gasteiger partial charge in [0.1, 0.15) is 6.61 Å². The van der Waals surface area contributed by atoms with Crippen LogP contribution in [0.15, 0.2) is 30.3 Å². The summed E-state index contributed by atoms with van der Waals surface area (Å²) in [6.07, 6.45) is 0.945. The zero-order valence-corrected chi connectivity index (χ0v) is 11.2. The lowest BCUT2D eigenvalue weighted by atomic mass is 10.2. The summed E-state index contributed by atoms with van der Waals surface area (Å²) in [5, 5.41) is 1.02. The molecule has 0 spiro atoms. The van der Waals surface area contributed by atoms with E-state index >= 15 is 0 Å². The monoisotopic (exact) mass is 265 g/mol. The van der Waals surface area contributed by atoms with Crippen molar-refractivity contribution in [3.05, 3.63) is 35.9 Å². The van der Waals surface area contributed by atoms with E-state index in [1.54, 1.807) is 13.8 Å². The van der Waals surface area contributed by atoms with Crippen LogP contribution in [0.1, 0.15) is 25.8 Å². The lowest BCUT2D eigenvalue weighted by Crippen LogP contribution is -2.40. The Morgan fingerprint density at radius 2 is 2.00 bits per heavy atom. The van der Waals surface area contributed by atoms with Gasteiger partial charge in [0.25, 0.3) is 0 Å². The van der Waals surface area contributed by atoms with Crippen molar-refractivity contribution in [1.29, 1.82) is 0 Å².